The largest absolute Gasteiger partial charge is 0.494 e. The lowest BCUT2D eigenvalue weighted by molar-refractivity contribution is -0.140. The number of carbonyl (C=O) groups excluding carboxylic acids is 2. The highest BCUT2D eigenvalue weighted by atomic mass is 32.1. The number of benzene rings is 2. The molecule has 9 nitrogen and oxygen atoms in total. The van der Waals surface area contributed by atoms with Gasteiger partial charge >= 0.3 is 11.9 Å². The maximum Gasteiger partial charge on any atom is 0.338 e. The molecule has 2 heterocycles. The van der Waals surface area contributed by atoms with Crippen LogP contribution in [0.25, 0.3) is 6.08 Å². The second-order valence-corrected chi connectivity index (χ2v) is 10.6. The topological polar surface area (TPSA) is 105 Å². The van der Waals surface area contributed by atoms with Gasteiger partial charge in [0.25, 0.3) is 5.56 Å². The molecule has 0 bridgehead atoms. The molecule has 2 aromatic carbocycles. The molecule has 4 rings (SSSR count). The molecule has 210 valence electrons. The van der Waals surface area contributed by atoms with Gasteiger partial charge in [0.2, 0.25) is 0 Å². The van der Waals surface area contributed by atoms with E-state index in [1.807, 2.05) is 45.0 Å². The van der Waals surface area contributed by atoms with Crippen molar-refractivity contribution in [2.45, 2.75) is 40.7 Å². The second-order valence-electron chi connectivity index (χ2n) is 9.58. The minimum atomic E-state index is -0.835. The fourth-order valence-electron chi connectivity index (χ4n) is 4.29. The molecule has 1 aliphatic rings. The van der Waals surface area contributed by atoms with Gasteiger partial charge < -0.3 is 18.9 Å². The summed E-state index contributed by atoms with van der Waals surface area (Å²) in [5.74, 6) is 0.333. The summed E-state index contributed by atoms with van der Waals surface area (Å²) in [5.41, 5.74) is 1.81. The molecule has 10 heteroatoms. The van der Waals surface area contributed by atoms with Crippen LogP contribution in [0, 0.1) is 5.92 Å². The number of rotatable bonds is 9. The van der Waals surface area contributed by atoms with Gasteiger partial charge in [-0.25, -0.2) is 9.79 Å². The van der Waals surface area contributed by atoms with Crippen LogP contribution >= 0.6 is 11.3 Å². The quantitative estimate of drug-likeness (QED) is 0.288. The molecule has 1 unspecified atom stereocenters. The fourth-order valence-corrected chi connectivity index (χ4v) is 5.34. The van der Waals surface area contributed by atoms with Crippen molar-refractivity contribution in [2.24, 2.45) is 10.9 Å². The Bertz CT molecular complexity index is 1630. The van der Waals surface area contributed by atoms with Gasteiger partial charge in [0.05, 0.1) is 42.2 Å². The first-order valence-electron chi connectivity index (χ1n) is 12.9. The number of ether oxygens (including phenoxy) is 4. The molecular formula is C30H32N2O7S. The number of esters is 2. The SMILES string of the molecule is CCOc1ccc(C=c2sc3n(c2=O)C(c2ccc(OC(C)=O)c(OC)c2)C(C(=O)OCC(C)C)=C(C)N=3)cc1. The third-order valence-electron chi connectivity index (χ3n) is 6.04. The van der Waals surface area contributed by atoms with Gasteiger partial charge in [-0.2, -0.15) is 0 Å². The van der Waals surface area contributed by atoms with Crippen LogP contribution in [0.15, 0.2) is 63.5 Å². The highest BCUT2D eigenvalue weighted by Gasteiger charge is 2.34. The molecule has 0 radical (unpaired) electrons. The Labute approximate surface area is 236 Å². The summed E-state index contributed by atoms with van der Waals surface area (Å²) in [6.45, 7) is 9.61. The van der Waals surface area contributed by atoms with Gasteiger partial charge in [0, 0.05) is 6.92 Å². The lowest BCUT2D eigenvalue weighted by Gasteiger charge is -2.25. The number of hydrogen-bond acceptors (Lipinski definition) is 9. The number of aromatic nitrogens is 1. The Morgan fingerprint density at radius 2 is 1.85 bits per heavy atom. The second kappa shape index (κ2) is 12.3. The van der Waals surface area contributed by atoms with Gasteiger partial charge in [-0.3, -0.25) is 14.2 Å². The van der Waals surface area contributed by atoms with E-state index in [9.17, 15) is 14.4 Å². The number of carbonyl (C=O) groups is 2. The van der Waals surface area contributed by atoms with Gasteiger partial charge in [-0.1, -0.05) is 43.4 Å². The average Bonchev–Trinajstić information content (AvgIpc) is 3.21. The standard InChI is InChI=1S/C30H32N2O7S/c1-7-37-22-11-8-20(9-12-22)14-25-28(34)32-27(21-10-13-23(39-19(5)33)24(15-21)36-6)26(18(4)31-30(32)40-25)29(35)38-16-17(2)3/h8-15,17,27H,7,16H2,1-6H3. The number of fused-ring (bicyclic) bond motifs is 1. The van der Waals surface area contributed by atoms with E-state index in [4.69, 9.17) is 18.9 Å². The van der Waals surface area contributed by atoms with Crippen LogP contribution in [0.5, 0.6) is 17.2 Å². The fraction of sp³-hybridized carbons (Fsp3) is 0.333. The normalized spacial score (nSPS) is 15.0. The zero-order chi connectivity index (χ0) is 29.0. The van der Waals surface area contributed by atoms with Crippen molar-refractivity contribution in [3.8, 4) is 17.2 Å². The average molecular weight is 565 g/mol. The summed E-state index contributed by atoms with van der Waals surface area (Å²) in [7, 11) is 1.45. The van der Waals surface area contributed by atoms with Crippen LogP contribution in [0.4, 0.5) is 0 Å². The molecule has 1 atom stereocenters. The van der Waals surface area contributed by atoms with E-state index >= 15 is 0 Å². The Balaban J connectivity index is 1.88. The summed E-state index contributed by atoms with van der Waals surface area (Å²) in [4.78, 5) is 43.9. The van der Waals surface area contributed by atoms with Crippen molar-refractivity contribution in [2.75, 3.05) is 20.3 Å². The van der Waals surface area contributed by atoms with Crippen LogP contribution in [-0.2, 0) is 14.3 Å². The minimum absolute atomic E-state index is 0.127. The number of nitrogens with zero attached hydrogens (tertiary/aromatic N) is 2. The van der Waals surface area contributed by atoms with E-state index in [-0.39, 0.29) is 35.2 Å². The molecular weight excluding hydrogens is 532 g/mol. The third-order valence-corrected chi connectivity index (χ3v) is 7.02. The lowest BCUT2D eigenvalue weighted by atomic mass is 9.95. The summed E-state index contributed by atoms with van der Waals surface area (Å²) in [6.07, 6.45) is 1.79. The van der Waals surface area contributed by atoms with Crippen LogP contribution < -0.4 is 29.1 Å². The van der Waals surface area contributed by atoms with Gasteiger partial charge in [-0.15, -0.1) is 0 Å². The minimum Gasteiger partial charge on any atom is -0.494 e. The molecule has 40 heavy (non-hydrogen) atoms. The first kappa shape index (κ1) is 28.8. The van der Waals surface area contributed by atoms with Crippen molar-refractivity contribution < 1.29 is 28.5 Å². The number of allylic oxidation sites excluding steroid dienone is 1. The Hall–Kier alpha value is -4.18. The molecule has 0 saturated carbocycles. The molecule has 0 fully saturated rings. The highest BCUT2D eigenvalue weighted by molar-refractivity contribution is 7.07. The molecule has 0 spiro atoms. The van der Waals surface area contributed by atoms with E-state index in [1.165, 1.54) is 29.9 Å². The van der Waals surface area contributed by atoms with E-state index in [0.29, 0.717) is 27.2 Å². The molecule has 0 N–H and O–H groups in total. The van der Waals surface area contributed by atoms with E-state index in [0.717, 1.165) is 11.3 Å². The van der Waals surface area contributed by atoms with Crippen LogP contribution in [-0.4, -0.2) is 36.8 Å². The van der Waals surface area contributed by atoms with Crippen molar-refractivity contribution >= 4 is 29.4 Å². The zero-order valence-corrected chi connectivity index (χ0v) is 24.2. The number of methoxy groups -OCH3 is 1. The predicted octanol–water partition coefficient (Wildman–Crippen LogP) is 3.77. The van der Waals surface area contributed by atoms with Gasteiger partial charge in [0.1, 0.15) is 5.75 Å². The molecule has 1 aromatic heterocycles. The molecule has 0 amide bonds. The molecule has 3 aromatic rings. The van der Waals surface area contributed by atoms with E-state index in [2.05, 4.69) is 4.99 Å². The zero-order valence-electron chi connectivity index (χ0n) is 23.3. The summed E-state index contributed by atoms with van der Waals surface area (Å²) in [6, 6.07) is 11.5. The summed E-state index contributed by atoms with van der Waals surface area (Å²) < 4.78 is 23.8. The Morgan fingerprint density at radius 1 is 1.12 bits per heavy atom. The Kier molecular flexibility index (Phi) is 8.89. The van der Waals surface area contributed by atoms with Crippen molar-refractivity contribution in [1.29, 1.82) is 0 Å². The van der Waals surface area contributed by atoms with E-state index in [1.54, 1.807) is 31.2 Å². The third kappa shape index (κ3) is 6.17. The van der Waals surface area contributed by atoms with Crippen LogP contribution in [0.2, 0.25) is 0 Å². The van der Waals surface area contributed by atoms with Crippen molar-refractivity contribution in [3.63, 3.8) is 0 Å². The van der Waals surface area contributed by atoms with Crippen molar-refractivity contribution in [3.05, 3.63) is 84.5 Å². The van der Waals surface area contributed by atoms with Crippen molar-refractivity contribution in [1.82, 2.24) is 4.57 Å². The highest BCUT2D eigenvalue weighted by Crippen LogP contribution is 2.36. The monoisotopic (exact) mass is 564 g/mol. The maximum atomic E-state index is 13.9. The van der Waals surface area contributed by atoms with Gasteiger partial charge in [-0.05, 0) is 61.2 Å². The smallest absolute Gasteiger partial charge is 0.338 e. The number of hydrogen-bond donors (Lipinski definition) is 0. The Morgan fingerprint density at radius 3 is 2.48 bits per heavy atom. The first-order valence-corrected chi connectivity index (χ1v) is 13.7. The molecule has 1 aliphatic heterocycles. The summed E-state index contributed by atoms with van der Waals surface area (Å²) >= 11 is 1.24. The lowest BCUT2D eigenvalue weighted by Crippen LogP contribution is -2.40. The van der Waals surface area contributed by atoms with Gasteiger partial charge in [0.15, 0.2) is 16.3 Å². The molecule has 0 saturated heterocycles. The molecule has 0 aliphatic carbocycles. The van der Waals surface area contributed by atoms with Crippen LogP contribution in [0.1, 0.15) is 51.8 Å². The van der Waals surface area contributed by atoms with Crippen LogP contribution in [0.3, 0.4) is 0 Å². The summed E-state index contributed by atoms with van der Waals surface area (Å²) in [5, 5.41) is 0. The predicted molar refractivity (Wildman–Crippen MR) is 151 cm³/mol. The van der Waals surface area contributed by atoms with E-state index < -0.39 is 18.0 Å². The number of thiazole rings is 1. The first-order chi connectivity index (χ1) is 19.1. The maximum absolute atomic E-state index is 13.9.